The van der Waals surface area contributed by atoms with Gasteiger partial charge in [-0.3, -0.25) is 9.88 Å². The van der Waals surface area contributed by atoms with Crippen molar-refractivity contribution in [3.8, 4) is 28.7 Å². The van der Waals surface area contributed by atoms with Gasteiger partial charge in [0.2, 0.25) is 5.89 Å². The molecule has 2 aromatic heterocycles. The fourth-order valence-corrected chi connectivity index (χ4v) is 3.45. The third-order valence-corrected chi connectivity index (χ3v) is 5.43. The molecule has 0 spiro atoms. The summed E-state index contributed by atoms with van der Waals surface area (Å²) < 4.78 is 11.7. The number of oxazole rings is 1. The summed E-state index contributed by atoms with van der Waals surface area (Å²) in [5, 5.41) is 0. The van der Waals surface area contributed by atoms with Crippen molar-refractivity contribution in [3.63, 3.8) is 0 Å². The van der Waals surface area contributed by atoms with Crippen molar-refractivity contribution in [1.29, 1.82) is 0 Å². The number of allylic oxidation sites excluding steroid dienone is 1. The highest BCUT2D eigenvalue weighted by Gasteiger charge is 2.15. The molecule has 31 heavy (non-hydrogen) atoms. The lowest BCUT2D eigenvalue weighted by Crippen LogP contribution is -2.43. The molecule has 0 atom stereocenters. The van der Waals surface area contributed by atoms with Crippen LogP contribution >= 0.6 is 0 Å². The number of rotatable bonds is 7. The van der Waals surface area contributed by atoms with Gasteiger partial charge in [0.05, 0.1) is 6.20 Å². The van der Waals surface area contributed by atoms with Crippen LogP contribution in [0.5, 0.6) is 5.75 Å². The van der Waals surface area contributed by atoms with Crippen LogP contribution in [0.25, 0.3) is 22.9 Å². The molecule has 1 fully saturated rings. The van der Waals surface area contributed by atoms with E-state index in [1.54, 1.807) is 6.20 Å². The topological polar surface area (TPSA) is 54.6 Å². The standard InChI is InChI=1S/C25H30N4O2/c1-19(2)10-15-30-22-7-5-21(6-8-22)24-17-27-25(31-24)23-9-4-20(16-26-23)18-29-13-11-28(3)12-14-29/h4-10,16-17H,11-15,18H2,1-3H3. The molecule has 6 nitrogen and oxygen atoms in total. The lowest BCUT2D eigenvalue weighted by Gasteiger charge is -2.32. The van der Waals surface area contributed by atoms with E-state index in [9.17, 15) is 0 Å². The van der Waals surface area contributed by atoms with Gasteiger partial charge in [-0.05, 0) is 62.9 Å². The zero-order valence-corrected chi connectivity index (χ0v) is 18.5. The maximum atomic E-state index is 5.97. The van der Waals surface area contributed by atoms with Crippen molar-refractivity contribution in [2.75, 3.05) is 39.8 Å². The van der Waals surface area contributed by atoms with Crippen LogP contribution in [-0.4, -0.2) is 59.6 Å². The van der Waals surface area contributed by atoms with Gasteiger partial charge in [-0.2, -0.15) is 0 Å². The van der Waals surface area contributed by atoms with Crippen LogP contribution in [-0.2, 0) is 6.54 Å². The summed E-state index contributed by atoms with van der Waals surface area (Å²) in [6.45, 7) is 10.1. The van der Waals surface area contributed by atoms with Crippen molar-refractivity contribution < 1.29 is 9.15 Å². The number of ether oxygens (including phenoxy) is 1. The monoisotopic (exact) mass is 418 g/mol. The average Bonchev–Trinajstić information content (AvgIpc) is 3.26. The van der Waals surface area contributed by atoms with E-state index in [4.69, 9.17) is 9.15 Å². The summed E-state index contributed by atoms with van der Waals surface area (Å²) >= 11 is 0. The van der Waals surface area contributed by atoms with E-state index < -0.39 is 0 Å². The molecule has 1 aliphatic heterocycles. The maximum Gasteiger partial charge on any atom is 0.245 e. The third-order valence-electron chi connectivity index (χ3n) is 5.43. The molecule has 0 radical (unpaired) electrons. The molecule has 0 amide bonds. The van der Waals surface area contributed by atoms with Gasteiger partial charge in [0.25, 0.3) is 0 Å². The number of piperazine rings is 1. The minimum Gasteiger partial charge on any atom is -0.490 e. The van der Waals surface area contributed by atoms with Crippen molar-refractivity contribution in [2.45, 2.75) is 20.4 Å². The van der Waals surface area contributed by atoms with E-state index in [-0.39, 0.29) is 0 Å². The highest BCUT2D eigenvalue weighted by atomic mass is 16.5. The quantitative estimate of drug-likeness (QED) is 0.527. The van der Waals surface area contributed by atoms with Crippen LogP contribution in [0.4, 0.5) is 0 Å². The van der Waals surface area contributed by atoms with Crippen molar-refractivity contribution in [3.05, 3.63) is 66.0 Å². The second-order valence-corrected chi connectivity index (χ2v) is 8.28. The minimum atomic E-state index is 0.532. The van der Waals surface area contributed by atoms with Gasteiger partial charge in [0.15, 0.2) is 5.76 Å². The molecule has 0 aliphatic carbocycles. The summed E-state index contributed by atoms with van der Waals surface area (Å²) in [4.78, 5) is 13.8. The van der Waals surface area contributed by atoms with Gasteiger partial charge in [-0.25, -0.2) is 4.98 Å². The number of nitrogens with zero attached hydrogens (tertiary/aromatic N) is 4. The largest absolute Gasteiger partial charge is 0.490 e. The number of likely N-dealkylation sites (N-methyl/N-ethyl adjacent to an activating group) is 1. The molecule has 1 saturated heterocycles. The Labute approximate surface area is 184 Å². The number of pyridine rings is 1. The SMILES string of the molecule is CC(C)=CCOc1ccc(-c2cnc(-c3ccc(CN4CCN(C)CC4)cn3)o2)cc1. The highest BCUT2D eigenvalue weighted by molar-refractivity contribution is 5.60. The summed E-state index contributed by atoms with van der Waals surface area (Å²) in [5.41, 5.74) is 4.16. The van der Waals surface area contributed by atoms with E-state index in [2.05, 4.69) is 52.8 Å². The molecule has 162 valence electrons. The van der Waals surface area contributed by atoms with Gasteiger partial charge in [0, 0.05) is 44.5 Å². The first-order valence-electron chi connectivity index (χ1n) is 10.8. The molecular formula is C25H30N4O2. The van der Waals surface area contributed by atoms with Crippen molar-refractivity contribution in [1.82, 2.24) is 19.8 Å². The molecule has 4 rings (SSSR count). The van der Waals surface area contributed by atoms with Crippen LogP contribution in [0.2, 0.25) is 0 Å². The van der Waals surface area contributed by atoms with E-state index in [1.807, 2.05) is 36.5 Å². The Morgan fingerprint density at radius 2 is 1.77 bits per heavy atom. The Hall–Kier alpha value is -2.96. The fraction of sp³-hybridized carbons (Fsp3) is 0.360. The third kappa shape index (κ3) is 5.81. The first kappa shape index (κ1) is 21.3. The van der Waals surface area contributed by atoms with E-state index >= 15 is 0 Å². The molecule has 1 aliphatic rings. The van der Waals surface area contributed by atoms with Crippen LogP contribution in [0.15, 0.2) is 64.9 Å². The maximum absolute atomic E-state index is 5.97. The molecule has 0 unspecified atom stereocenters. The second kappa shape index (κ2) is 9.90. The number of hydrogen-bond acceptors (Lipinski definition) is 6. The number of aromatic nitrogens is 2. The first-order valence-corrected chi connectivity index (χ1v) is 10.8. The summed E-state index contributed by atoms with van der Waals surface area (Å²) in [6, 6.07) is 12.0. The Balaban J connectivity index is 1.37. The van der Waals surface area contributed by atoms with Crippen molar-refractivity contribution in [2.24, 2.45) is 0 Å². The predicted molar refractivity (Wildman–Crippen MR) is 123 cm³/mol. The minimum absolute atomic E-state index is 0.532. The number of benzene rings is 1. The van der Waals surface area contributed by atoms with Crippen LogP contribution < -0.4 is 4.74 Å². The highest BCUT2D eigenvalue weighted by Crippen LogP contribution is 2.27. The molecule has 0 N–H and O–H groups in total. The molecule has 3 aromatic rings. The Bertz CT molecular complexity index is 997. The van der Waals surface area contributed by atoms with Gasteiger partial charge >= 0.3 is 0 Å². The summed E-state index contributed by atoms with van der Waals surface area (Å²) in [6.07, 6.45) is 5.73. The zero-order chi connectivity index (χ0) is 21.6. The van der Waals surface area contributed by atoms with Gasteiger partial charge < -0.3 is 14.1 Å². The zero-order valence-electron chi connectivity index (χ0n) is 18.5. The normalized spacial score (nSPS) is 15.1. The molecule has 6 heteroatoms. The van der Waals surface area contributed by atoms with Crippen molar-refractivity contribution >= 4 is 0 Å². The Morgan fingerprint density at radius 1 is 1.00 bits per heavy atom. The average molecular weight is 419 g/mol. The van der Waals surface area contributed by atoms with E-state index in [0.717, 1.165) is 49.7 Å². The van der Waals surface area contributed by atoms with Crippen LogP contribution in [0.3, 0.4) is 0 Å². The molecule has 0 saturated carbocycles. The Kier molecular flexibility index (Phi) is 6.79. The fourth-order valence-electron chi connectivity index (χ4n) is 3.45. The molecular weight excluding hydrogens is 388 g/mol. The lowest BCUT2D eigenvalue weighted by molar-refractivity contribution is 0.148. The van der Waals surface area contributed by atoms with Gasteiger partial charge in [0.1, 0.15) is 18.1 Å². The van der Waals surface area contributed by atoms with Crippen LogP contribution in [0.1, 0.15) is 19.4 Å². The number of hydrogen-bond donors (Lipinski definition) is 0. The summed E-state index contributed by atoms with van der Waals surface area (Å²) in [7, 11) is 2.17. The molecule has 3 heterocycles. The lowest BCUT2D eigenvalue weighted by atomic mass is 10.2. The molecule has 1 aromatic carbocycles. The molecule has 0 bridgehead atoms. The second-order valence-electron chi connectivity index (χ2n) is 8.28. The van der Waals surface area contributed by atoms with Crippen LogP contribution in [0, 0.1) is 0 Å². The van der Waals surface area contributed by atoms with E-state index in [0.29, 0.717) is 18.3 Å². The van der Waals surface area contributed by atoms with Gasteiger partial charge in [-0.15, -0.1) is 0 Å². The first-order chi connectivity index (χ1) is 15.1. The summed E-state index contributed by atoms with van der Waals surface area (Å²) in [5.74, 6) is 2.08. The predicted octanol–water partition coefficient (Wildman–Crippen LogP) is 4.50. The van der Waals surface area contributed by atoms with E-state index in [1.165, 1.54) is 11.1 Å². The Morgan fingerprint density at radius 3 is 2.45 bits per heavy atom. The van der Waals surface area contributed by atoms with Gasteiger partial charge in [-0.1, -0.05) is 11.6 Å². The smallest absolute Gasteiger partial charge is 0.245 e.